The zero-order valence-corrected chi connectivity index (χ0v) is 10.2. The van der Waals surface area contributed by atoms with E-state index >= 15 is 0 Å². The number of halogens is 1. The summed E-state index contributed by atoms with van der Waals surface area (Å²) in [7, 11) is 0. The number of anilines is 1. The maximum absolute atomic E-state index is 10.7. The molecular formula is C9H10BrN3O4. The number of hydrogen-bond donors (Lipinski definition) is 3. The molecule has 0 saturated heterocycles. The third-order valence-corrected chi connectivity index (χ3v) is 2.46. The van der Waals surface area contributed by atoms with Gasteiger partial charge in [-0.2, -0.15) is 0 Å². The number of nitro groups is 1. The minimum atomic E-state index is -1.39. The number of aliphatic hydroxyl groups is 1. The summed E-state index contributed by atoms with van der Waals surface area (Å²) in [6.07, 6.45) is -1.39. The Morgan fingerprint density at radius 2 is 2.29 bits per heavy atom. The van der Waals surface area contributed by atoms with Crippen molar-refractivity contribution in [1.29, 1.82) is 0 Å². The molecule has 4 N–H and O–H groups in total. The van der Waals surface area contributed by atoms with Crippen LogP contribution < -0.4 is 11.1 Å². The number of aliphatic hydroxyl groups excluding tert-OH is 1. The lowest BCUT2D eigenvalue weighted by atomic mass is 10.2. The van der Waals surface area contributed by atoms with Gasteiger partial charge in [-0.25, -0.2) is 0 Å². The predicted molar refractivity (Wildman–Crippen MR) is 64.5 cm³/mol. The van der Waals surface area contributed by atoms with E-state index in [4.69, 9.17) is 10.8 Å². The van der Waals surface area contributed by atoms with E-state index in [-0.39, 0.29) is 17.9 Å². The van der Waals surface area contributed by atoms with E-state index in [9.17, 15) is 14.9 Å². The summed E-state index contributed by atoms with van der Waals surface area (Å²) in [6.45, 7) is -0.183. The lowest BCUT2D eigenvalue weighted by molar-refractivity contribution is -0.384. The monoisotopic (exact) mass is 303 g/mol. The highest BCUT2D eigenvalue weighted by Gasteiger charge is 2.16. The predicted octanol–water partition coefficient (Wildman–Crippen LogP) is 0.615. The Balaban J connectivity index is 2.84. The number of nitrogens with zero attached hydrogens (tertiary/aromatic N) is 1. The molecule has 0 aliphatic carbocycles. The highest BCUT2D eigenvalue weighted by molar-refractivity contribution is 9.10. The van der Waals surface area contributed by atoms with E-state index in [1.54, 1.807) is 6.07 Å². The Morgan fingerprint density at radius 1 is 1.65 bits per heavy atom. The second-order valence-electron chi connectivity index (χ2n) is 3.22. The number of hydrogen-bond acceptors (Lipinski definition) is 5. The van der Waals surface area contributed by atoms with Gasteiger partial charge in [0, 0.05) is 10.5 Å². The SMILES string of the molecule is NC(=O)C(O)CNc1ccc(Br)cc1[N+](=O)[O-]. The number of primary amides is 1. The Morgan fingerprint density at radius 3 is 2.82 bits per heavy atom. The zero-order chi connectivity index (χ0) is 13.0. The van der Waals surface area contributed by atoms with Gasteiger partial charge >= 0.3 is 0 Å². The van der Waals surface area contributed by atoms with Crippen molar-refractivity contribution in [3.8, 4) is 0 Å². The fraction of sp³-hybridized carbons (Fsp3) is 0.222. The third-order valence-electron chi connectivity index (χ3n) is 1.97. The molecule has 1 atom stereocenters. The molecule has 1 aromatic rings. The topological polar surface area (TPSA) is 118 Å². The molecule has 0 bridgehead atoms. The number of carbonyl (C=O) groups excluding carboxylic acids is 1. The van der Waals surface area contributed by atoms with Crippen LogP contribution in [0.4, 0.5) is 11.4 Å². The smallest absolute Gasteiger partial charge is 0.293 e. The average Bonchev–Trinajstić information content (AvgIpc) is 2.26. The van der Waals surface area contributed by atoms with Crippen LogP contribution in [-0.2, 0) is 4.79 Å². The first-order chi connectivity index (χ1) is 7.91. The number of carbonyl (C=O) groups is 1. The number of nitro benzene ring substituents is 1. The van der Waals surface area contributed by atoms with Crippen molar-refractivity contribution in [1.82, 2.24) is 0 Å². The minimum absolute atomic E-state index is 0.156. The van der Waals surface area contributed by atoms with Gasteiger partial charge in [0.15, 0.2) is 0 Å². The van der Waals surface area contributed by atoms with Gasteiger partial charge in [0.25, 0.3) is 5.69 Å². The van der Waals surface area contributed by atoms with Crippen molar-refractivity contribution < 1.29 is 14.8 Å². The molecule has 0 heterocycles. The standard InChI is InChI=1S/C9H10BrN3O4/c10-5-1-2-6(7(3-5)13(16)17)12-4-8(14)9(11)15/h1-3,8,12,14H,4H2,(H2,11,15). The molecule has 0 aromatic heterocycles. The van der Waals surface area contributed by atoms with E-state index in [1.807, 2.05) is 0 Å². The van der Waals surface area contributed by atoms with Crippen molar-refractivity contribution in [3.63, 3.8) is 0 Å². The second-order valence-corrected chi connectivity index (χ2v) is 4.13. The highest BCUT2D eigenvalue weighted by Crippen LogP contribution is 2.27. The molecule has 1 rings (SSSR count). The Bertz CT molecular complexity index is 452. The Labute approximate surface area is 105 Å². The number of nitrogens with two attached hydrogens (primary N) is 1. The van der Waals surface area contributed by atoms with Crippen LogP contribution in [0, 0.1) is 10.1 Å². The van der Waals surface area contributed by atoms with E-state index in [0.717, 1.165) is 0 Å². The van der Waals surface area contributed by atoms with E-state index in [1.165, 1.54) is 12.1 Å². The van der Waals surface area contributed by atoms with Crippen LogP contribution in [0.3, 0.4) is 0 Å². The molecule has 0 fully saturated rings. The van der Waals surface area contributed by atoms with Crippen molar-refractivity contribution in [2.75, 3.05) is 11.9 Å². The molecule has 0 aliphatic rings. The second kappa shape index (κ2) is 5.60. The number of amides is 1. The van der Waals surface area contributed by atoms with Crippen molar-refractivity contribution in [2.24, 2.45) is 5.73 Å². The lowest BCUT2D eigenvalue weighted by Crippen LogP contribution is -2.34. The summed E-state index contributed by atoms with van der Waals surface area (Å²) < 4.78 is 0.560. The van der Waals surface area contributed by atoms with Crippen LogP contribution in [0.1, 0.15) is 0 Å². The molecule has 92 valence electrons. The van der Waals surface area contributed by atoms with Gasteiger partial charge in [0.1, 0.15) is 11.8 Å². The molecule has 8 heteroatoms. The fourth-order valence-corrected chi connectivity index (χ4v) is 1.46. The maximum Gasteiger partial charge on any atom is 0.293 e. The fourth-order valence-electron chi connectivity index (χ4n) is 1.11. The number of rotatable bonds is 5. The van der Waals surface area contributed by atoms with E-state index in [0.29, 0.717) is 4.47 Å². The molecule has 0 spiro atoms. The third kappa shape index (κ3) is 3.68. The molecule has 0 radical (unpaired) electrons. The van der Waals surface area contributed by atoms with Gasteiger partial charge in [-0.1, -0.05) is 15.9 Å². The Kier molecular flexibility index (Phi) is 4.41. The van der Waals surface area contributed by atoms with Gasteiger partial charge < -0.3 is 16.2 Å². The molecular weight excluding hydrogens is 294 g/mol. The van der Waals surface area contributed by atoms with Gasteiger partial charge in [-0.3, -0.25) is 14.9 Å². The van der Waals surface area contributed by atoms with Gasteiger partial charge in [-0.05, 0) is 12.1 Å². The van der Waals surface area contributed by atoms with Crippen LogP contribution in [0.15, 0.2) is 22.7 Å². The van der Waals surface area contributed by atoms with Gasteiger partial charge in [0.05, 0.1) is 11.5 Å². The molecule has 0 aliphatic heterocycles. The summed E-state index contributed by atoms with van der Waals surface area (Å²) in [6, 6.07) is 4.39. The molecule has 0 saturated carbocycles. The molecule has 1 unspecified atom stereocenters. The maximum atomic E-state index is 10.7. The van der Waals surface area contributed by atoms with Crippen molar-refractivity contribution in [3.05, 3.63) is 32.8 Å². The summed E-state index contributed by atoms with van der Waals surface area (Å²) in [5.41, 5.74) is 4.90. The lowest BCUT2D eigenvalue weighted by Gasteiger charge is -2.10. The number of nitrogens with one attached hydrogen (secondary N) is 1. The van der Waals surface area contributed by atoms with E-state index < -0.39 is 16.9 Å². The highest BCUT2D eigenvalue weighted by atomic mass is 79.9. The normalized spacial score (nSPS) is 11.9. The van der Waals surface area contributed by atoms with Gasteiger partial charge in [0.2, 0.25) is 5.91 Å². The van der Waals surface area contributed by atoms with Crippen molar-refractivity contribution in [2.45, 2.75) is 6.10 Å². The van der Waals surface area contributed by atoms with Crippen LogP contribution >= 0.6 is 15.9 Å². The van der Waals surface area contributed by atoms with E-state index in [2.05, 4.69) is 21.2 Å². The summed E-state index contributed by atoms with van der Waals surface area (Å²) in [5, 5.41) is 22.5. The quantitative estimate of drug-likeness (QED) is 0.544. The first-order valence-corrected chi connectivity index (χ1v) is 5.36. The summed E-state index contributed by atoms with van der Waals surface area (Å²) in [5.74, 6) is -0.891. The van der Waals surface area contributed by atoms with Crippen LogP contribution in [0.25, 0.3) is 0 Å². The largest absolute Gasteiger partial charge is 0.381 e. The molecule has 7 nitrogen and oxygen atoms in total. The van der Waals surface area contributed by atoms with Crippen LogP contribution in [0.5, 0.6) is 0 Å². The minimum Gasteiger partial charge on any atom is -0.381 e. The number of benzene rings is 1. The Hall–Kier alpha value is -1.67. The molecule has 1 aromatic carbocycles. The van der Waals surface area contributed by atoms with Gasteiger partial charge in [-0.15, -0.1) is 0 Å². The van der Waals surface area contributed by atoms with Crippen LogP contribution in [0.2, 0.25) is 0 Å². The first kappa shape index (κ1) is 13.4. The average molecular weight is 304 g/mol. The van der Waals surface area contributed by atoms with Crippen molar-refractivity contribution >= 4 is 33.2 Å². The molecule has 17 heavy (non-hydrogen) atoms. The molecule has 1 amide bonds. The summed E-state index contributed by atoms with van der Waals surface area (Å²) >= 11 is 3.11. The zero-order valence-electron chi connectivity index (χ0n) is 8.59. The first-order valence-electron chi connectivity index (χ1n) is 4.57. The van der Waals surface area contributed by atoms with Crippen LogP contribution in [-0.4, -0.2) is 28.6 Å². The summed E-state index contributed by atoms with van der Waals surface area (Å²) in [4.78, 5) is 20.8.